The molecule has 1 aromatic heterocycles. The highest BCUT2D eigenvalue weighted by molar-refractivity contribution is 7.81. The highest BCUT2D eigenvalue weighted by Gasteiger charge is 2.51. The number of aromatic nitrogens is 1. The Labute approximate surface area is 507 Å². The second-order valence-electron chi connectivity index (χ2n) is 21.9. The maximum Gasteiger partial charge on any atom is 0.446 e. The molecule has 3 saturated heterocycles. The number of nitrogens with one attached hydrogen (secondary N) is 5. The molecular formula is C56H71N9O23S. The van der Waals surface area contributed by atoms with Gasteiger partial charge in [-0.15, -0.1) is 0 Å². The number of carbonyl (C=O) groups excluding carboxylic acids is 8. The first-order valence-electron chi connectivity index (χ1n) is 28.1. The van der Waals surface area contributed by atoms with E-state index in [1.807, 2.05) is 10.6 Å². The van der Waals surface area contributed by atoms with Crippen LogP contribution in [0.15, 0.2) is 77.3 Å². The van der Waals surface area contributed by atoms with Crippen LogP contribution >= 0.6 is 0 Å². The van der Waals surface area contributed by atoms with Gasteiger partial charge < -0.3 is 102 Å². The van der Waals surface area contributed by atoms with Gasteiger partial charge in [0.05, 0.1) is 37.4 Å². The lowest BCUT2D eigenvalue weighted by molar-refractivity contribution is -0.149. The SMILES string of the molecule is CCCCCOc1ccc(-c2cc(-c3ccc(C(=O)N[C@H]4C[C@@H](O)[C@@H](O)NC(=O)C5[C@@H](O)[C@@H](C)CN5C(=O)[C@H]([C@H](O)CC(N)=O)NC(=O)[C@H]([C@H](O)[C@@H](O)c5ccc(O)c(OS(=O)(=O)O)c5)NC(=O)[C@@H]5C[C@@H](O)CN5C(=O)[C@H]([C@@H](C)O)NC4=O)cc3)no2)cc1. The molecule has 1 unspecified atom stereocenters. The molecule has 3 aromatic carbocycles. The monoisotopic (exact) mass is 1270 g/mol. The van der Waals surface area contributed by atoms with E-state index in [2.05, 4.69) is 32.2 Å². The molecule has 0 saturated carbocycles. The quantitative estimate of drug-likeness (QED) is 0.0334. The van der Waals surface area contributed by atoms with Gasteiger partial charge in [0, 0.05) is 54.6 Å². The standard InChI is InChI=1S/C56H71N9O23S/c1-4-5-6-17-86-32-14-11-28(12-15-32)39-21-33(63-87-39)27-7-9-29(10-8-27)49(75)58-34-20-38(70)52(78)62-54(80)45-46(72)25(2)23-65(45)56(82)43(37(69)22-41(57)71)60-53(79)44(48(74)47(73)30-13-16-36(68)40(18-30)88-89(83,84)85)61-51(77)35-19-31(67)24-64(35)55(81)42(26(3)66)59-50(34)76/h7-16,18,21,25-26,31,34-35,37-38,42-48,52,66-70,72-74,78H,4-6,17,19-20,22-24H2,1-3H3,(H2,57,71)(H,58,75)(H,59,76)(H,60,79)(H,61,77)(H,62,80)(H,83,84,85)/t25-,26+,31+,34-,35-,37+,38+,42-,43-,44-,45?,46-,47-,48-,52+/m0/s1. The van der Waals surface area contributed by atoms with Crippen molar-refractivity contribution in [3.63, 3.8) is 0 Å². The molecule has 0 spiro atoms. The number of rotatable bonds is 18. The Balaban J connectivity index is 1.22. The maximum absolute atomic E-state index is 14.7. The minimum Gasteiger partial charge on any atom is -0.504 e. The summed E-state index contributed by atoms with van der Waals surface area (Å²) in [4.78, 5) is 115. The molecule has 4 heterocycles. The summed E-state index contributed by atoms with van der Waals surface area (Å²) in [6, 6.07) is 3.52. The number of unbranched alkanes of at least 4 members (excludes halogenated alkanes) is 2. The number of nitrogens with two attached hydrogens (primary N) is 1. The number of hydrogen-bond donors (Lipinski definition) is 16. The molecule has 33 heteroatoms. The van der Waals surface area contributed by atoms with E-state index < -0.39 is 198 Å². The zero-order valence-electron chi connectivity index (χ0n) is 48.1. The number of aromatic hydroxyl groups is 1. The topological polar surface area (TPSA) is 510 Å². The average Bonchev–Trinajstić information content (AvgIpc) is 2.76. The summed E-state index contributed by atoms with van der Waals surface area (Å²) in [7, 11) is -5.35. The van der Waals surface area contributed by atoms with Crippen LogP contribution in [-0.4, -0.2) is 220 Å². The van der Waals surface area contributed by atoms with E-state index in [9.17, 15) is 97.3 Å². The van der Waals surface area contributed by atoms with E-state index in [1.165, 1.54) is 31.2 Å². The lowest BCUT2D eigenvalue weighted by Crippen LogP contribution is -2.64. The molecule has 89 heavy (non-hydrogen) atoms. The Hall–Kier alpha value is -8.38. The zero-order valence-corrected chi connectivity index (χ0v) is 48.9. The molecule has 3 aliphatic rings. The molecule has 8 amide bonds. The van der Waals surface area contributed by atoms with Crippen LogP contribution in [0.5, 0.6) is 17.2 Å². The van der Waals surface area contributed by atoms with Gasteiger partial charge in [-0.1, -0.05) is 50.0 Å². The number of hydrogen-bond acceptors (Lipinski definition) is 23. The Bertz CT molecular complexity index is 3340. The van der Waals surface area contributed by atoms with Crippen LogP contribution in [0.3, 0.4) is 0 Å². The Morgan fingerprint density at radius 3 is 2.07 bits per heavy atom. The summed E-state index contributed by atoms with van der Waals surface area (Å²) < 4.78 is 48.1. The van der Waals surface area contributed by atoms with Gasteiger partial charge >= 0.3 is 10.4 Å². The molecule has 17 N–H and O–H groups in total. The summed E-state index contributed by atoms with van der Waals surface area (Å²) in [5.41, 5.74) is 6.17. The van der Waals surface area contributed by atoms with Crippen LogP contribution in [0.1, 0.15) is 81.3 Å². The largest absolute Gasteiger partial charge is 0.504 e. The number of benzene rings is 3. The van der Waals surface area contributed by atoms with Crippen LogP contribution in [0.25, 0.3) is 22.6 Å². The molecule has 0 radical (unpaired) electrons. The van der Waals surface area contributed by atoms with Crippen LogP contribution in [0.4, 0.5) is 0 Å². The normalized spacial score (nSPS) is 26.4. The molecule has 4 aromatic rings. The summed E-state index contributed by atoms with van der Waals surface area (Å²) in [6.45, 7) is 3.74. The van der Waals surface area contributed by atoms with E-state index in [4.69, 9.17) is 15.0 Å². The van der Waals surface area contributed by atoms with Crippen LogP contribution in [0, 0.1) is 5.92 Å². The highest BCUT2D eigenvalue weighted by atomic mass is 32.3. The fourth-order valence-electron chi connectivity index (χ4n) is 10.3. The van der Waals surface area contributed by atoms with Crippen LogP contribution < -0.4 is 41.2 Å². The second-order valence-corrected chi connectivity index (χ2v) is 22.9. The third-order valence-electron chi connectivity index (χ3n) is 15.2. The van der Waals surface area contributed by atoms with E-state index in [1.54, 1.807) is 30.3 Å². The fraction of sp³-hybridized carbons (Fsp3) is 0.482. The van der Waals surface area contributed by atoms with Crippen molar-refractivity contribution in [2.24, 2.45) is 11.7 Å². The number of nitrogens with zero attached hydrogens (tertiary/aromatic N) is 3. The molecule has 0 aliphatic carbocycles. The number of amides is 8. The third kappa shape index (κ3) is 16.9. The molecule has 7 rings (SSSR count). The predicted octanol–water partition coefficient (Wildman–Crippen LogP) is -3.90. The second kappa shape index (κ2) is 29.3. The van der Waals surface area contributed by atoms with Crippen molar-refractivity contribution in [3.8, 4) is 39.8 Å². The summed E-state index contributed by atoms with van der Waals surface area (Å²) in [6.07, 6.45) is -17.3. The molecule has 15 atom stereocenters. The minimum atomic E-state index is -5.35. The first kappa shape index (κ1) is 68.1. The Morgan fingerprint density at radius 2 is 1.43 bits per heavy atom. The summed E-state index contributed by atoms with van der Waals surface area (Å²) in [5.74, 6) is -12.9. The van der Waals surface area contributed by atoms with Crippen molar-refractivity contribution < 1.29 is 111 Å². The van der Waals surface area contributed by atoms with Gasteiger partial charge in [0.25, 0.3) is 5.91 Å². The summed E-state index contributed by atoms with van der Waals surface area (Å²) in [5, 5.41) is 116. The van der Waals surface area contributed by atoms with Gasteiger partial charge in [0.1, 0.15) is 66.0 Å². The number of aliphatic hydroxyl groups is 8. The van der Waals surface area contributed by atoms with Crippen molar-refractivity contribution >= 4 is 57.7 Å². The number of fused-ring (bicyclic) bond motifs is 2. The molecular weight excluding hydrogens is 1200 g/mol. The molecule has 484 valence electrons. The Morgan fingerprint density at radius 1 is 0.787 bits per heavy atom. The van der Waals surface area contributed by atoms with Crippen LogP contribution in [0.2, 0.25) is 0 Å². The molecule has 0 bridgehead atoms. The van der Waals surface area contributed by atoms with Gasteiger partial charge in [0.15, 0.2) is 23.5 Å². The van der Waals surface area contributed by atoms with E-state index in [0.29, 0.717) is 56.9 Å². The molecule has 32 nitrogen and oxygen atoms in total. The van der Waals surface area contributed by atoms with Gasteiger partial charge in [-0.05, 0) is 67.4 Å². The number of phenols is 1. The lowest BCUT2D eigenvalue weighted by Gasteiger charge is -2.34. The first-order chi connectivity index (χ1) is 42.0. The molecule has 3 fully saturated rings. The first-order valence-corrected chi connectivity index (χ1v) is 29.5. The van der Waals surface area contributed by atoms with Gasteiger partial charge in [0.2, 0.25) is 41.4 Å². The van der Waals surface area contributed by atoms with Crippen molar-refractivity contribution in [2.75, 3.05) is 19.7 Å². The van der Waals surface area contributed by atoms with Crippen molar-refractivity contribution in [3.05, 3.63) is 83.9 Å². The third-order valence-corrected chi connectivity index (χ3v) is 15.6. The van der Waals surface area contributed by atoms with E-state index >= 15 is 0 Å². The van der Waals surface area contributed by atoms with Crippen molar-refractivity contribution in [1.82, 2.24) is 41.5 Å². The number of carbonyl (C=O) groups is 8. The number of aliphatic hydroxyl groups excluding tert-OH is 8. The Kier molecular flexibility index (Phi) is 22.4. The number of phenolic OH excluding ortho intramolecular Hbond substituents is 1. The van der Waals surface area contributed by atoms with Crippen LogP contribution in [-0.2, 0) is 44.0 Å². The van der Waals surface area contributed by atoms with Gasteiger partial charge in [-0.2, -0.15) is 8.42 Å². The molecule has 3 aliphatic heterocycles. The van der Waals surface area contributed by atoms with Crippen molar-refractivity contribution in [2.45, 2.75) is 145 Å². The predicted molar refractivity (Wildman–Crippen MR) is 304 cm³/mol. The number of ether oxygens (including phenoxy) is 1. The minimum absolute atomic E-state index is 0.107. The lowest BCUT2D eigenvalue weighted by atomic mass is 9.96. The fourth-order valence-corrected chi connectivity index (χ4v) is 10.7. The summed E-state index contributed by atoms with van der Waals surface area (Å²) >= 11 is 0. The van der Waals surface area contributed by atoms with E-state index in [-0.39, 0.29) is 5.56 Å². The maximum atomic E-state index is 14.7. The highest BCUT2D eigenvalue weighted by Crippen LogP contribution is 2.34. The average molecular weight is 1270 g/mol. The van der Waals surface area contributed by atoms with Gasteiger partial charge in [-0.25, -0.2) is 0 Å². The van der Waals surface area contributed by atoms with Gasteiger partial charge in [-0.3, -0.25) is 42.9 Å². The van der Waals surface area contributed by atoms with E-state index in [0.717, 1.165) is 32.3 Å². The van der Waals surface area contributed by atoms with Crippen molar-refractivity contribution in [1.29, 1.82) is 0 Å². The number of primary amides is 1. The zero-order chi connectivity index (χ0) is 65.3. The smallest absolute Gasteiger partial charge is 0.446 e.